The number of rotatable bonds is 5. The van der Waals surface area contributed by atoms with Gasteiger partial charge in [-0.2, -0.15) is 4.31 Å². The number of nitrogens with zero attached hydrogens (tertiary/aromatic N) is 1. The molecule has 4 nitrogen and oxygen atoms in total. The fourth-order valence-electron chi connectivity index (χ4n) is 1.50. The van der Waals surface area contributed by atoms with Gasteiger partial charge in [-0.1, -0.05) is 26.0 Å². The summed E-state index contributed by atoms with van der Waals surface area (Å²) in [5, 5.41) is -0.443. The zero-order valence-electron chi connectivity index (χ0n) is 9.75. The van der Waals surface area contributed by atoms with E-state index in [0.29, 0.717) is 13.1 Å². The van der Waals surface area contributed by atoms with Crippen molar-refractivity contribution in [3.05, 3.63) is 29.8 Å². The molecule has 0 aliphatic carbocycles. The summed E-state index contributed by atoms with van der Waals surface area (Å²) in [7, 11) is -3.51. The number of benzene rings is 1. The number of sulfonamides is 1. The largest absolute Gasteiger partial charge is 0.282 e. The van der Waals surface area contributed by atoms with Crippen LogP contribution in [0.15, 0.2) is 29.2 Å². The molecule has 0 heterocycles. The molecule has 0 aliphatic heterocycles. The SMILES string of the molecule is CCN(CC)S(=O)(=O)c1cccc(C(=O)S)c1. The lowest BCUT2D eigenvalue weighted by molar-refractivity contribution is 0.109. The van der Waals surface area contributed by atoms with Crippen molar-refractivity contribution in [2.45, 2.75) is 18.7 Å². The second-order valence-corrected chi connectivity index (χ2v) is 5.77. The molecule has 0 amide bonds. The third-order valence-corrected chi connectivity index (χ3v) is 4.73. The molecule has 0 saturated heterocycles. The highest BCUT2D eigenvalue weighted by atomic mass is 32.2. The van der Waals surface area contributed by atoms with E-state index in [0.717, 1.165) is 0 Å². The number of hydrogen-bond acceptors (Lipinski definition) is 3. The maximum atomic E-state index is 12.2. The highest BCUT2D eigenvalue weighted by Crippen LogP contribution is 2.17. The van der Waals surface area contributed by atoms with Crippen LogP contribution in [0.25, 0.3) is 0 Å². The third-order valence-electron chi connectivity index (χ3n) is 2.42. The van der Waals surface area contributed by atoms with Crippen LogP contribution < -0.4 is 0 Å². The van der Waals surface area contributed by atoms with E-state index >= 15 is 0 Å². The number of carbonyl (C=O) groups excluding carboxylic acids is 1. The van der Waals surface area contributed by atoms with Gasteiger partial charge in [-0.25, -0.2) is 8.42 Å². The Morgan fingerprint density at radius 1 is 1.29 bits per heavy atom. The predicted molar refractivity (Wildman–Crippen MR) is 69.9 cm³/mol. The van der Waals surface area contributed by atoms with E-state index in [1.165, 1.54) is 22.5 Å². The molecule has 0 fully saturated rings. The van der Waals surface area contributed by atoms with E-state index in [1.807, 2.05) is 0 Å². The zero-order valence-corrected chi connectivity index (χ0v) is 11.5. The predicted octanol–water partition coefficient (Wildman–Crippen LogP) is 1.79. The average molecular weight is 273 g/mol. The zero-order chi connectivity index (χ0) is 13.1. The maximum Gasteiger partial charge on any atom is 0.243 e. The van der Waals surface area contributed by atoms with Gasteiger partial charge >= 0.3 is 0 Å². The molecular formula is C11H15NO3S2. The van der Waals surface area contributed by atoms with Crippen LogP contribution in [-0.2, 0) is 10.0 Å². The van der Waals surface area contributed by atoms with E-state index in [1.54, 1.807) is 19.9 Å². The molecule has 17 heavy (non-hydrogen) atoms. The van der Waals surface area contributed by atoms with Crippen LogP contribution >= 0.6 is 12.6 Å². The summed E-state index contributed by atoms with van der Waals surface area (Å²) >= 11 is 3.68. The molecule has 0 aromatic heterocycles. The highest BCUT2D eigenvalue weighted by Gasteiger charge is 2.21. The van der Waals surface area contributed by atoms with Crippen molar-refractivity contribution in [3.8, 4) is 0 Å². The van der Waals surface area contributed by atoms with Gasteiger partial charge in [0.2, 0.25) is 15.1 Å². The Balaban J connectivity index is 3.24. The number of hydrogen-bond donors (Lipinski definition) is 1. The van der Waals surface area contributed by atoms with Crippen molar-refractivity contribution < 1.29 is 13.2 Å². The van der Waals surface area contributed by atoms with Crippen molar-refractivity contribution in [1.29, 1.82) is 0 Å². The van der Waals surface area contributed by atoms with Gasteiger partial charge in [0, 0.05) is 18.7 Å². The van der Waals surface area contributed by atoms with Crippen molar-refractivity contribution in [2.24, 2.45) is 0 Å². The van der Waals surface area contributed by atoms with E-state index in [4.69, 9.17) is 0 Å². The Labute approximate surface area is 107 Å². The van der Waals surface area contributed by atoms with E-state index in [-0.39, 0.29) is 10.5 Å². The molecule has 1 aromatic carbocycles. The van der Waals surface area contributed by atoms with Gasteiger partial charge in [-0.3, -0.25) is 4.79 Å². The quantitative estimate of drug-likeness (QED) is 0.832. The molecule has 0 atom stereocenters. The summed E-state index contributed by atoms with van der Waals surface area (Å²) in [5.74, 6) is 0. The molecular weight excluding hydrogens is 258 g/mol. The molecule has 0 radical (unpaired) electrons. The van der Waals surface area contributed by atoms with Gasteiger partial charge < -0.3 is 0 Å². The van der Waals surface area contributed by atoms with Crippen molar-refractivity contribution in [2.75, 3.05) is 13.1 Å². The molecule has 0 unspecified atom stereocenters. The summed E-state index contributed by atoms with van der Waals surface area (Å²) in [4.78, 5) is 11.2. The Hall–Kier alpha value is -0.850. The number of carbonyl (C=O) groups is 1. The molecule has 1 rings (SSSR count). The third kappa shape index (κ3) is 3.08. The van der Waals surface area contributed by atoms with Gasteiger partial charge in [0.05, 0.1) is 4.90 Å². The first kappa shape index (κ1) is 14.2. The lowest BCUT2D eigenvalue weighted by Crippen LogP contribution is -2.30. The van der Waals surface area contributed by atoms with Crippen LogP contribution in [-0.4, -0.2) is 30.9 Å². The normalized spacial score (nSPS) is 11.8. The van der Waals surface area contributed by atoms with Crippen LogP contribution in [0.4, 0.5) is 0 Å². The minimum atomic E-state index is -3.51. The Morgan fingerprint density at radius 2 is 1.88 bits per heavy atom. The first-order valence-corrected chi connectivity index (χ1v) is 7.15. The van der Waals surface area contributed by atoms with Crippen LogP contribution in [0.1, 0.15) is 24.2 Å². The van der Waals surface area contributed by atoms with Gasteiger partial charge in [0.15, 0.2) is 0 Å². The van der Waals surface area contributed by atoms with Crippen molar-refractivity contribution in [3.63, 3.8) is 0 Å². The average Bonchev–Trinajstić information content (AvgIpc) is 2.30. The van der Waals surface area contributed by atoms with Gasteiger partial charge in [0.25, 0.3) is 0 Å². The second-order valence-electron chi connectivity index (χ2n) is 3.42. The van der Waals surface area contributed by atoms with E-state index < -0.39 is 15.1 Å². The minimum Gasteiger partial charge on any atom is -0.282 e. The number of thiol groups is 1. The summed E-state index contributed by atoms with van der Waals surface area (Å²) in [5.41, 5.74) is 0.279. The molecule has 0 N–H and O–H groups in total. The lowest BCUT2D eigenvalue weighted by atomic mass is 10.2. The Morgan fingerprint density at radius 3 is 2.35 bits per heavy atom. The van der Waals surface area contributed by atoms with Crippen molar-refractivity contribution >= 4 is 27.8 Å². The summed E-state index contributed by atoms with van der Waals surface area (Å²) in [6.07, 6.45) is 0. The standard InChI is InChI=1S/C11H15NO3S2/c1-3-12(4-2)17(14,15)10-7-5-6-9(8-10)11(13)16/h5-8H,3-4H2,1-2H3,(H,13,16). The minimum absolute atomic E-state index is 0.126. The molecule has 1 aromatic rings. The first-order valence-electron chi connectivity index (χ1n) is 5.27. The first-order chi connectivity index (χ1) is 7.93. The van der Waals surface area contributed by atoms with Crippen molar-refractivity contribution in [1.82, 2.24) is 4.31 Å². The fraction of sp³-hybridized carbons (Fsp3) is 0.364. The molecule has 0 aliphatic rings. The van der Waals surface area contributed by atoms with E-state index in [9.17, 15) is 13.2 Å². The van der Waals surface area contributed by atoms with Crippen LogP contribution in [0.2, 0.25) is 0 Å². The second kappa shape index (κ2) is 5.66. The summed E-state index contributed by atoms with van der Waals surface area (Å²) < 4.78 is 25.7. The van der Waals surface area contributed by atoms with Gasteiger partial charge in [0.1, 0.15) is 0 Å². The smallest absolute Gasteiger partial charge is 0.243 e. The van der Waals surface area contributed by atoms with E-state index in [2.05, 4.69) is 12.6 Å². The molecule has 94 valence electrons. The Kier molecular flexibility index (Phi) is 4.73. The van der Waals surface area contributed by atoms with Crippen LogP contribution in [0.3, 0.4) is 0 Å². The monoisotopic (exact) mass is 273 g/mol. The Bertz CT molecular complexity index is 507. The van der Waals surface area contributed by atoms with Gasteiger partial charge in [-0.15, -0.1) is 12.6 Å². The highest BCUT2D eigenvalue weighted by molar-refractivity contribution is 7.97. The molecule has 0 bridgehead atoms. The van der Waals surface area contributed by atoms with Crippen LogP contribution in [0, 0.1) is 0 Å². The fourth-order valence-corrected chi connectivity index (χ4v) is 3.15. The molecule has 0 spiro atoms. The lowest BCUT2D eigenvalue weighted by Gasteiger charge is -2.18. The molecule has 6 heteroatoms. The van der Waals surface area contributed by atoms with Gasteiger partial charge in [-0.05, 0) is 12.1 Å². The molecule has 0 saturated carbocycles. The topological polar surface area (TPSA) is 54.5 Å². The van der Waals surface area contributed by atoms with Crippen LogP contribution in [0.5, 0.6) is 0 Å². The summed E-state index contributed by atoms with van der Waals surface area (Å²) in [6.45, 7) is 4.35. The maximum absolute atomic E-state index is 12.2. The summed E-state index contributed by atoms with van der Waals surface area (Å²) in [6, 6.07) is 5.91.